The average molecular weight is 275 g/mol. The normalized spacial score (nSPS) is 11.8. The van der Waals surface area contributed by atoms with E-state index in [0.29, 0.717) is 16.3 Å². The second kappa shape index (κ2) is 4.65. The highest BCUT2D eigenvalue weighted by Gasteiger charge is 2.28. The molecule has 0 bridgehead atoms. The Hall–Kier alpha value is -1.49. The van der Waals surface area contributed by atoms with Crippen molar-refractivity contribution in [3.63, 3.8) is 0 Å². The van der Waals surface area contributed by atoms with Crippen LogP contribution >= 0.6 is 11.6 Å². The van der Waals surface area contributed by atoms with Gasteiger partial charge in [0, 0.05) is 16.8 Å². The summed E-state index contributed by atoms with van der Waals surface area (Å²) in [6.07, 6.45) is -2.87. The summed E-state index contributed by atoms with van der Waals surface area (Å²) < 4.78 is 37.7. The van der Waals surface area contributed by atoms with Crippen molar-refractivity contribution in [3.8, 4) is 11.1 Å². The first-order valence-electron chi connectivity index (χ1n) is 5.22. The zero-order valence-electron chi connectivity index (χ0n) is 9.50. The predicted octanol–water partition coefficient (Wildman–Crippen LogP) is 4.07. The lowest BCUT2D eigenvalue weighted by Crippen LogP contribution is -2.17. The van der Waals surface area contributed by atoms with Crippen LogP contribution in [-0.2, 0) is 6.54 Å². The number of halogens is 4. The fourth-order valence-electron chi connectivity index (χ4n) is 1.70. The van der Waals surface area contributed by atoms with Crippen LogP contribution in [0.2, 0.25) is 5.02 Å². The van der Waals surface area contributed by atoms with E-state index in [4.69, 9.17) is 11.6 Å². The lowest BCUT2D eigenvalue weighted by molar-refractivity contribution is -0.142. The van der Waals surface area contributed by atoms with E-state index in [2.05, 4.69) is 5.10 Å². The fraction of sp³-hybridized carbons (Fsp3) is 0.250. The van der Waals surface area contributed by atoms with Gasteiger partial charge in [0.2, 0.25) is 0 Å². The number of aromatic nitrogens is 2. The van der Waals surface area contributed by atoms with Crippen LogP contribution in [0.1, 0.15) is 5.69 Å². The molecule has 18 heavy (non-hydrogen) atoms. The number of rotatable bonds is 2. The molecule has 1 aromatic heterocycles. The maximum absolute atomic E-state index is 12.3. The van der Waals surface area contributed by atoms with Crippen molar-refractivity contribution < 1.29 is 13.2 Å². The molecule has 0 aliphatic carbocycles. The highest BCUT2D eigenvalue weighted by atomic mass is 35.5. The van der Waals surface area contributed by atoms with E-state index >= 15 is 0 Å². The maximum atomic E-state index is 12.3. The first-order chi connectivity index (χ1) is 8.35. The number of hydrogen-bond donors (Lipinski definition) is 0. The summed E-state index contributed by atoms with van der Waals surface area (Å²) >= 11 is 5.76. The minimum atomic E-state index is -4.27. The van der Waals surface area contributed by atoms with Crippen molar-refractivity contribution in [3.05, 3.63) is 41.2 Å². The molecule has 96 valence electrons. The second-order valence-corrected chi connectivity index (χ2v) is 4.38. The van der Waals surface area contributed by atoms with Gasteiger partial charge in [-0.3, -0.25) is 4.68 Å². The smallest absolute Gasteiger partial charge is 0.263 e. The molecule has 6 heteroatoms. The van der Waals surface area contributed by atoms with Crippen LogP contribution in [0.25, 0.3) is 11.1 Å². The molecule has 2 rings (SSSR count). The Bertz CT molecular complexity index is 543. The van der Waals surface area contributed by atoms with E-state index in [9.17, 15) is 13.2 Å². The molecule has 0 unspecified atom stereocenters. The van der Waals surface area contributed by atoms with Crippen molar-refractivity contribution in [1.29, 1.82) is 0 Å². The van der Waals surface area contributed by atoms with Gasteiger partial charge in [0.25, 0.3) is 0 Å². The van der Waals surface area contributed by atoms with Gasteiger partial charge in [-0.05, 0) is 24.6 Å². The Kier molecular flexibility index (Phi) is 3.34. The van der Waals surface area contributed by atoms with E-state index in [1.165, 1.54) is 6.20 Å². The Labute approximate surface area is 107 Å². The summed E-state index contributed by atoms with van der Waals surface area (Å²) in [4.78, 5) is 0. The minimum absolute atomic E-state index is 0.557. The molecular formula is C12H10ClF3N2. The van der Waals surface area contributed by atoms with Crippen molar-refractivity contribution in [1.82, 2.24) is 9.78 Å². The van der Waals surface area contributed by atoms with Gasteiger partial charge < -0.3 is 0 Å². The van der Waals surface area contributed by atoms with Gasteiger partial charge in [0.1, 0.15) is 6.54 Å². The fourth-order valence-corrected chi connectivity index (χ4v) is 1.82. The molecule has 0 fully saturated rings. The monoisotopic (exact) mass is 274 g/mol. The molecule has 0 spiro atoms. The molecule has 0 amide bonds. The van der Waals surface area contributed by atoms with Crippen LogP contribution in [0, 0.1) is 6.92 Å². The van der Waals surface area contributed by atoms with E-state index in [0.717, 1.165) is 10.2 Å². The highest BCUT2D eigenvalue weighted by molar-refractivity contribution is 6.30. The number of benzene rings is 1. The first-order valence-corrected chi connectivity index (χ1v) is 5.60. The molecule has 0 radical (unpaired) electrons. The van der Waals surface area contributed by atoms with Crippen molar-refractivity contribution in [2.24, 2.45) is 0 Å². The van der Waals surface area contributed by atoms with Gasteiger partial charge in [0.05, 0.1) is 5.69 Å². The molecule has 0 saturated carbocycles. The van der Waals surface area contributed by atoms with Crippen molar-refractivity contribution in [2.45, 2.75) is 19.6 Å². The van der Waals surface area contributed by atoms with E-state index in [1.54, 1.807) is 31.2 Å². The Morgan fingerprint density at radius 1 is 1.22 bits per heavy atom. The van der Waals surface area contributed by atoms with Gasteiger partial charge in [-0.1, -0.05) is 23.7 Å². The minimum Gasteiger partial charge on any atom is -0.263 e. The van der Waals surface area contributed by atoms with Crippen molar-refractivity contribution >= 4 is 11.6 Å². The summed E-state index contributed by atoms with van der Waals surface area (Å²) in [6.45, 7) is 0.595. The SMILES string of the molecule is Cc1nn(CC(F)(F)F)cc1-c1ccc(Cl)cc1. The zero-order valence-corrected chi connectivity index (χ0v) is 10.3. The van der Waals surface area contributed by atoms with Gasteiger partial charge >= 0.3 is 6.18 Å². The largest absolute Gasteiger partial charge is 0.408 e. The topological polar surface area (TPSA) is 17.8 Å². The molecule has 2 aromatic rings. The predicted molar refractivity (Wildman–Crippen MR) is 63.5 cm³/mol. The highest BCUT2D eigenvalue weighted by Crippen LogP contribution is 2.25. The standard InChI is InChI=1S/C12H10ClF3N2/c1-8-11(9-2-4-10(13)5-3-9)6-18(17-8)7-12(14,15)16/h2-6H,7H2,1H3. The van der Waals surface area contributed by atoms with Gasteiger partial charge in [-0.25, -0.2) is 0 Å². The molecule has 0 atom stereocenters. The Balaban J connectivity index is 2.32. The molecule has 0 aliphatic rings. The van der Waals surface area contributed by atoms with Crippen LogP contribution in [0.5, 0.6) is 0 Å². The third-order valence-electron chi connectivity index (χ3n) is 2.44. The molecule has 1 heterocycles. The molecule has 1 aromatic carbocycles. The molecule has 0 N–H and O–H groups in total. The van der Waals surface area contributed by atoms with Crippen molar-refractivity contribution in [2.75, 3.05) is 0 Å². The van der Waals surface area contributed by atoms with Crippen LogP contribution in [0.3, 0.4) is 0 Å². The molecule has 2 nitrogen and oxygen atoms in total. The summed E-state index contributed by atoms with van der Waals surface area (Å²) in [7, 11) is 0. The van der Waals surface area contributed by atoms with Crippen LogP contribution in [0.4, 0.5) is 13.2 Å². The lowest BCUT2D eigenvalue weighted by atomic mass is 10.1. The lowest BCUT2D eigenvalue weighted by Gasteiger charge is -2.05. The molecule has 0 saturated heterocycles. The summed E-state index contributed by atoms with van der Waals surface area (Å²) in [5.41, 5.74) is 2.03. The Morgan fingerprint density at radius 2 is 1.83 bits per heavy atom. The first kappa shape index (κ1) is 13.0. The van der Waals surface area contributed by atoms with E-state index in [1.807, 2.05) is 0 Å². The number of alkyl halides is 3. The summed E-state index contributed by atoms with van der Waals surface area (Å²) in [5.74, 6) is 0. The Morgan fingerprint density at radius 3 is 2.39 bits per heavy atom. The van der Waals surface area contributed by atoms with Gasteiger partial charge in [-0.15, -0.1) is 0 Å². The third kappa shape index (κ3) is 3.04. The zero-order chi connectivity index (χ0) is 13.3. The van der Waals surface area contributed by atoms with Crippen LogP contribution in [0.15, 0.2) is 30.5 Å². The van der Waals surface area contributed by atoms with Gasteiger partial charge in [0.15, 0.2) is 0 Å². The quantitative estimate of drug-likeness (QED) is 0.807. The summed E-state index contributed by atoms with van der Waals surface area (Å²) in [6, 6.07) is 6.89. The van der Waals surface area contributed by atoms with Crippen LogP contribution in [-0.4, -0.2) is 16.0 Å². The maximum Gasteiger partial charge on any atom is 0.408 e. The average Bonchev–Trinajstić information content (AvgIpc) is 2.58. The third-order valence-corrected chi connectivity index (χ3v) is 2.69. The second-order valence-electron chi connectivity index (χ2n) is 3.95. The summed E-state index contributed by atoms with van der Waals surface area (Å²) in [5, 5.41) is 4.44. The molecular weight excluding hydrogens is 265 g/mol. The van der Waals surface area contributed by atoms with Gasteiger partial charge in [-0.2, -0.15) is 18.3 Å². The number of aryl methyl sites for hydroxylation is 1. The van der Waals surface area contributed by atoms with Crippen LogP contribution < -0.4 is 0 Å². The number of hydrogen-bond acceptors (Lipinski definition) is 1. The number of nitrogens with zero attached hydrogens (tertiary/aromatic N) is 2. The molecule has 0 aliphatic heterocycles. The van der Waals surface area contributed by atoms with E-state index in [-0.39, 0.29) is 0 Å². The van der Waals surface area contributed by atoms with E-state index < -0.39 is 12.7 Å².